The molecule has 0 saturated heterocycles. The van der Waals surface area contributed by atoms with Gasteiger partial charge in [0.1, 0.15) is 11.3 Å². The molecule has 0 saturated carbocycles. The number of nitrogens with two attached hydrogens (primary N) is 2. The van der Waals surface area contributed by atoms with E-state index >= 15 is 0 Å². The lowest BCUT2D eigenvalue weighted by Crippen LogP contribution is -2.60. The number of primary amides is 1. The zero-order valence-corrected chi connectivity index (χ0v) is 19.5. The van der Waals surface area contributed by atoms with Gasteiger partial charge < -0.3 is 21.5 Å². The summed E-state index contributed by atoms with van der Waals surface area (Å²) >= 11 is 0. The Labute approximate surface area is 191 Å². The third-order valence-electron chi connectivity index (χ3n) is 5.66. The molecule has 0 aliphatic carbocycles. The number of amides is 2. The molecule has 170 valence electrons. The molecule has 2 aromatic carbocycles. The Morgan fingerprint density at radius 3 is 2.16 bits per heavy atom. The third kappa shape index (κ3) is 6.71. The standard InChI is InChI=1S/C24H33N3O3.ClH/c1-16-13-19(28)14-17(2)20(16)15-21(25)22(29)27(24(3,4)23(26)30)12-8-11-18-9-6-5-7-10-18;/h5-7,9-10,13-14,21,28H,8,11-12,15,25H2,1-4H3,(H2,26,30);1H/t21-;/m1./s1. The largest absolute Gasteiger partial charge is 0.508 e. The first kappa shape index (κ1) is 26.5. The third-order valence-corrected chi connectivity index (χ3v) is 5.66. The zero-order valence-electron chi connectivity index (χ0n) is 18.7. The quantitative estimate of drug-likeness (QED) is 0.548. The molecular weight excluding hydrogens is 414 g/mol. The topological polar surface area (TPSA) is 110 Å². The second kappa shape index (κ2) is 11.2. The van der Waals surface area contributed by atoms with Gasteiger partial charge >= 0.3 is 0 Å². The van der Waals surface area contributed by atoms with Crippen LogP contribution in [0, 0.1) is 13.8 Å². The highest BCUT2D eigenvalue weighted by atomic mass is 35.5. The molecule has 0 radical (unpaired) electrons. The van der Waals surface area contributed by atoms with E-state index in [1.165, 1.54) is 10.5 Å². The number of carbonyl (C=O) groups excluding carboxylic acids is 2. The molecule has 0 aliphatic heterocycles. The van der Waals surface area contributed by atoms with Crippen LogP contribution in [-0.2, 0) is 22.4 Å². The minimum absolute atomic E-state index is 0. The summed E-state index contributed by atoms with van der Waals surface area (Å²) in [5.74, 6) is -0.690. The molecule has 31 heavy (non-hydrogen) atoms. The minimum atomic E-state index is -1.15. The molecule has 1 atom stereocenters. The van der Waals surface area contributed by atoms with E-state index < -0.39 is 17.5 Å². The van der Waals surface area contributed by atoms with Crippen molar-refractivity contribution in [1.82, 2.24) is 4.90 Å². The maximum atomic E-state index is 13.3. The van der Waals surface area contributed by atoms with Gasteiger partial charge in [0.15, 0.2) is 0 Å². The number of benzene rings is 2. The van der Waals surface area contributed by atoms with Gasteiger partial charge in [-0.3, -0.25) is 9.59 Å². The van der Waals surface area contributed by atoms with Gasteiger partial charge in [0, 0.05) is 6.54 Å². The number of aryl methyl sites for hydroxylation is 3. The summed E-state index contributed by atoms with van der Waals surface area (Å²) in [4.78, 5) is 26.9. The first-order valence-corrected chi connectivity index (χ1v) is 10.2. The van der Waals surface area contributed by atoms with E-state index in [0.29, 0.717) is 19.4 Å². The Bertz CT molecular complexity index is 877. The molecule has 0 spiro atoms. The molecule has 2 rings (SSSR count). The number of phenolic OH excluding ortho intramolecular Hbond substituents is 1. The molecule has 0 aromatic heterocycles. The van der Waals surface area contributed by atoms with Gasteiger partial charge in [-0.2, -0.15) is 0 Å². The van der Waals surface area contributed by atoms with Crippen molar-refractivity contribution in [1.29, 1.82) is 0 Å². The van der Waals surface area contributed by atoms with E-state index in [4.69, 9.17) is 11.5 Å². The van der Waals surface area contributed by atoms with Crippen molar-refractivity contribution in [3.05, 3.63) is 64.7 Å². The molecule has 0 unspecified atom stereocenters. The number of aromatic hydroxyl groups is 1. The van der Waals surface area contributed by atoms with E-state index in [9.17, 15) is 14.7 Å². The average molecular weight is 448 g/mol. The zero-order chi connectivity index (χ0) is 22.5. The second-order valence-electron chi connectivity index (χ2n) is 8.37. The minimum Gasteiger partial charge on any atom is -0.508 e. The van der Waals surface area contributed by atoms with Crippen molar-refractivity contribution < 1.29 is 14.7 Å². The second-order valence-corrected chi connectivity index (χ2v) is 8.37. The van der Waals surface area contributed by atoms with Crippen LogP contribution in [0.1, 0.15) is 42.5 Å². The number of hydrogen-bond donors (Lipinski definition) is 3. The monoisotopic (exact) mass is 447 g/mol. The van der Waals surface area contributed by atoms with Crippen LogP contribution < -0.4 is 11.5 Å². The Balaban J connectivity index is 0.00000480. The van der Waals surface area contributed by atoms with Gasteiger partial charge in [-0.05, 0) is 81.3 Å². The van der Waals surface area contributed by atoms with Gasteiger partial charge in [0.25, 0.3) is 0 Å². The smallest absolute Gasteiger partial charge is 0.242 e. The SMILES string of the molecule is Cc1cc(O)cc(C)c1C[C@@H](N)C(=O)N(CCCc1ccccc1)C(C)(C)C(N)=O.Cl. The first-order chi connectivity index (χ1) is 14.0. The normalized spacial score (nSPS) is 12.0. The molecular formula is C24H34ClN3O3. The fourth-order valence-corrected chi connectivity index (χ4v) is 3.68. The van der Waals surface area contributed by atoms with Crippen molar-refractivity contribution >= 4 is 24.2 Å². The predicted molar refractivity (Wildman–Crippen MR) is 126 cm³/mol. The Morgan fingerprint density at radius 2 is 1.65 bits per heavy atom. The van der Waals surface area contributed by atoms with Gasteiger partial charge in [0.2, 0.25) is 11.8 Å². The molecule has 2 aromatic rings. The lowest BCUT2D eigenvalue weighted by atomic mass is 9.94. The van der Waals surface area contributed by atoms with Crippen LogP contribution in [0.5, 0.6) is 5.75 Å². The molecule has 7 heteroatoms. The Morgan fingerprint density at radius 1 is 1.10 bits per heavy atom. The first-order valence-electron chi connectivity index (χ1n) is 10.2. The summed E-state index contributed by atoms with van der Waals surface area (Å²) in [6, 6.07) is 12.5. The highest BCUT2D eigenvalue weighted by molar-refractivity contribution is 5.91. The van der Waals surface area contributed by atoms with Crippen molar-refractivity contribution in [3.8, 4) is 5.75 Å². The number of carbonyl (C=O) groups is 2. The van der Waals surface area contributed by atoms with Crippen molar-refractivity contribution in [3.63, 3.8) is 0 Å². The van der Waals surface area contributed by atoms with Crippen LogP contribution in [0.15, 0.2) is 42.5 Å². The molecule has 0 heterocycles. The average Bonchev–Trinajstić information content (AvgIpc) is 2.67. The number of nitrogens with zero attached hydrogens (tertiary/aromatic N) is 1. The summed E-state index contributed by atoms with van der Waals surface area (Å²) in [7, 11) is 0. The molecule has 0 bridgehead atoms. The molecule has 5 N–H and O–H groups in total. The molecule has 0 fully saturated rings. The highest BCUT2D eigenvalue weighted by Crippen LogP contribution is 2.23. The van der Waals surface area contributed by atoms with Crippen LogP contribution in [0.4, 0.5) is 0 Å². The predicted octanol–water partition coefficient (Wildman–Crippen LogP) is 3.03. The fourth-order valence-electron chi connectivity index (χ4n) is 3.68. The van der Waals surface area contributed by atoms with E-state index in [-0.39, 0.29) is 24.1 Å². The molecule has 0 aliphatic rings. The van der Waals surface area contributed by atoms with Gasteiger partial charge in [0.05, 0.1) is 6.04 Å². The van der Waals surface area contributed by atoms with Crippen LogP contribution in [0.3, 0.4) is 0 Å². The number of hydrogen-bond acceptors (Lipinski definition) is 4. The summed E-state index contributed by atoms with van der Waals surface area (Å²) in [5.41, 5.74) is 14.6. The molecule has 2 amide bonds. The Kier molecular flexibility index (Phi) is 9.53. The summed E-state index contributed by atoms with van der Waals surface area (Å²) in [5, 5.41) is 9.75. The van der Waals surface area contributed by atoms with Crippen molar-refractivity contribution in [2.24, 2.45) is 11.5 Å². The van der Waals surface area contributed by atoms with Crippen LogP contribution in [0.25, 0.3) is 0 Å². The summed E-state index contributed by atoms with van der Waals surface area (Å²) in [6.07, 6.45) is 1.79. The summed E-state index contributed by atoms with van der Waals surface area (Å²) < 4.78 is 0. The van der Waals surface area contributed by atoms with Crippen LogP contribution >= 0.6 is 12.4 Å². The number of rotatable bonds is 9. The number of halogens is 1. The van der Waals surface area contributed by atoms with E-state index in [0.717, 1.165) is 23.1 Å². The highest BCUT2D eigenvalue weighted by Gasteiger charge is 2.37. The fraction of sp³-hybridized carbons (Fsp3) is 0.417. The van der Waals surface area contributed by atoms with Crippen LogP contribution in [0.2, 0.25) is 0 Å². The summed E-state index contributed by atoms with van der Waals surface area (Å²) in [6.45, 7) is 7.44. The van der Waals surface area contributed by atoms with Gasteiger partial charge in [-0.1, -0.05) is 30.3 Å². The lowest BCUT2D eigenvalue weighted by molar-refractivity contribution is -0.145. The van der Waals surface area contributed by atoms with Crippen molar-refractivity contribution in [2.75, 3.05) is 6.54 Å². The van der Waals surface area contributed by atoms with E-state index in [1.807, 2.05) is 44.2 Å². The van der Waals surface area contributed by atoms with E-state index in [2.05, 4.69) is 0 Å². The maximum Gasteiger partial charge on any atom is 0.242 e. The Hall–Kier alpha value is -2.57. The lowest BCUT2D eigenvalue weighted by Gasteiger charge is -2.38. The van der Waals surface area contributed by atoms with Gasteiger partial charge in [-0.25, -0.2) is 0 Å². The van der Waals surface area contributed by atoms with E-state index in [1.54, 1.807) is 26.0 Å². The van der Waals surface area contributed by atoms with Crippen molar-refractivity contribution in [2.45, 2.75) is 58.5 Å². The maximum absolute atomic E-state index is 13.3. The molecule has 6 nitrogen and oxygen atoms in total. The van der Waals surface area contributed by atoms with Gasteiger partial charge in [-0.15, -0.1) is 12.4 Å². The van der Waals surface area contributed by atoms with Crippen LogP contribution in [-0.4, -0.2) is 39.9 Å². The number of phenols is 1.